The molecule has 0 aliphatic heterocycles. The zero-order chi connectivity index (χ0) is 24.9. The van der Waals surface area contributed by atoms with Gasteiger partial charge in [0.1, 0.15) is 6.54 Å². The van der Waals surface area contributed by atoms with Crippen LogP contribution in [0.1, 0.15) is 28.4 Å². The number of aryl methyl sites for hydroxylation is 2. The van der Waals surface area contributed by atoms with Crippen molar-refractivity contribution >= 4 is 44.9 Å². The Kier molecular flexibility index (Phi) is 7.96. The number of ether oxygens (including phenoxy) is 1. The molecule has 7 nitrogen and oxygen atoms in total. The largest absolute Gasteiger partial charge is 0.462 e. The molecule has 34 heavy (non-hydrogen) atoms. The fourth-order valence-electron chi connectivity index (χ4n) is 3.43. The second-order valence-corrected chi connectivity index (χ2v) is 9.90. The van der Waals surface area contributed by atoms with E-state index in [1.54, 1.807) is 37.3 Å². The molecule has 3 aromatic carbocycles. The van der Waals surface area contributed by atoms with Crippen LogP contribution in [0, 0.1) is 13.8 Å². The van der Waals surface area contributed by atoms with Gasteiger partial charge in [0.25, 0.3) is 10.0 Å². The van der Waals surface area contributed by atoms with Crippen molar-refractivity contribution in [2.75, 3.05) is 22.8 Å². The predicted molar refractivity (Wildman–Crippen MR) is 133 cm³/mol. The van der Waals surface area contributed by atoms with Crippen LogP contribution in [0.2, 0.25) is 5.02 Å². The molecule has 0 unspecified atom stereocenters. The van der Waals surface area contributed by atoms with Gasteiger partial charge in [-0.1, -0.05) is 35.9 Å². The predicted octanol–water partition coefficient (Wildman–Crippen LogP) is 4.97. The highest BCUT2D eigenvalue weighted by molar-refractivity contribution is 7.92. The summed E-state index contributed by atoms with van der Waals surface area (Å²) in [5, 5.41) is 2.76. The van der Waals surface area contributed by atoms with Crippen molar-refractivity contribution in [2.24, 2.45) is 0 Å². The summed E-state index contributed by atoms with van der Waals surface area (Å²) in [7, 11) is -4.02. The van der Waals surface area contributed by atoms with Crippen LogP contribution in [-0.4, -0.2) is 33.4 Å². The molecule has 0 atom stereocenters. The summed E-state index contributed by atoms with van der Waals surface area (Å²) >= 11 is 6.17. The van der Waals surface area contributed by atoms with Crippen LogP contribution in [0.5, 0.6) is 0 Å². The van der Waals surface area contributed by atoms with Gasteiger partial charge in [-0.2, -0.15) is 0 Å². The number of nitrogens with zero attached hydrogens (tertiary/aromatic N) is 1. The maximum absolute atomic E-state index is 13.5. The van der Waals surface area contributed by atoms with Crippen molar-refractivity contribution < 1.29 is 22.7 Å². The quantitative estimate of drug-likeness (QED) is 0.441. The van der Waals surface area contributed by atoms with Crippen molar-refractivity contribution in [3.63, 3.8) is 0 Å². The summed E-state index contributed by atoms with van der Waals surface area (Å²) in [5.74, 6) is -1.14. The van der Waals surface area contributed by atoms with Crippen LogP contribution >= 0.6 is 11.6 Å². The third kappa shape index (κ3) is 5.95. The van der Waals surface area contributed by atoms with Crippen molar-refractivity contribution in [3.05, 3.63) is 88.4 Å². The number of halogens is 1. The molecule has 0 aliphatic rings. The first-order valence-electron chi connectivity index (χ1n) is 10.5. The topological polar surface area (TPSA) is 92.8 Å². The number of rotatable bonds is 8. The standard InChI is InChI=1S/C25H25ClN2O5S/c1-4-33-25(30)22-11-10-19(15-23(22)26)27-24(29)16-28(20-13-17(2)12-18(3)14-20)34(31,32)21-8-6-5-7-9-21/h5-15H,4,16H2,1-3H3,(H,27,29). The number of carbonyl (C=O) groups is 2. The lowest BCUT2D eigenvalue weighted by Crippen LogP contribution is -2.38. The Balaban J connectivity index is 1.90. The molecule has 0 saturated heterocycles. The lowest BCUT2D eigenvalue weighted by molar-refractivity contribution is -0.114. The zero-order valence-electron chi connectivity index (χ0n) is 19.0. The van der Waals surface area contributed by atoms with Gasteiger partial charge in [0.15, 0.2) is 0 Å². The van der Waals surface area contributed by atoms with Crippen LogP contribution in [0.15, 0.2) is 71.6 Å². The van der Waals surface area contributed by atoms with E-state index in [-0.39, 0.29) is 22.1 Å². The van der Waals surface area contributed by atoms with Gasteiger partial charge in [0.2, 0.25) is 5.91 Å². The van der Waals surface area contributed by atoms with Gasteiger partial charge in [-0.3, -0.25) is 9.10 Å². The summed E-state index contributed by atoms with van der Waals surface area (Å²) in [6.07, 6.45) is 0. The highest BCUT2D eigenvalue weighted by atomic mass is 35.5. The molecule has 0 aliphatic carbocycles. The Morgan fingerprint density at radius 3 is 2.21 bits per heavy atom. The summed E-state index contributed by atoms with van der Waals surface area (Å²) in [6, 6.07) is 17.6. The summed E-state index contributed by atoms with van der Waals surface area (Å²) in [6.45, 7) is 5.15. The number of benzene rings is 3. The van der Waals surface area contributed by atoms with E-state index < -0.39 is 28.4 Å². The van der Waals surface area contributed by atoms with Crippen LogP contribution in [0.25, 0.3) is 0 Å². The third-order valence-corrected chi connectivity index (χ3v) is 6.96. The summed E-state index contributed by atoms with van der Waals surface area (Å²) in [4.78, 5) is 24.9. The highest BCUT2D eigenvalue weighted by Gasteiger charge is 2.27. The lowest BCUT2D eigenvalue weighted by atomic mass is 10.1. The molecule has 1 N–H and O–H groups in total. The van der Waals surface area contributed by atoms with Crippen molar-refractivity contribution in [3.8, 4) is 0 Å². The van der Waals surface area contributed by atoms with Gasteiger partial charge in [0, 0.05) is 5.69 Å². The second-order valence-electron chi connectivity index (χ2n) is 7.63. The van der Waals surface area contributed by atoms with Gasteiger partial charge < -0.3 is 10.1 Å². The van der Waals surface area contributed by atoms with E-state index in [1.165, 1.54) is 30.3 Å². The number of nitrogens with one attached hydrogen (secondary N) is 1. The number of amides is 1. The molecule has 9 heteroatoms. The van der Waals surface area contributed by atoms with Crippen LogP contribution in [0.3, 0.4) is 0 Å². The van der Waals surface area contributed by atoms with E-state index in [9.17, 15) is 18.0 Å². The SMILES string of the molecule is CCOC(=O)c1ccc(NC(=O)CN(c2cc(C)cc(C)c2)S(=O)(=O)c2ccccc2)cc1Cl. The summed E-state index contributed by atoms with van der Waals surface area (Å²) in [5.41, 5.74) is 2.60. The van der Waals surface area contributed by atoms with Crippen molar-refractivity contribution in [2.45, 2.75) is 25.7 Å². The van der Waals surface area contributed by atoms with E-state index in [1.807, 2.05) is 19.9 Å². The van der Waals surface area contributed by atoms with E-state index in [0.29, 0.717) is 11.4 Å². The molecule has 0 fully saturated rings. The number of sulfonamides is 1. The molecule has 3 aromatic rings. The first kappa shape index (κ1) is 25.3. The molecule has 3 rings (SSSR count). The normalized spacial score (nSPS) is 11.1. The van der Waals surface area contributed by atoms with Crippen LogP contribution in [-0.2, 0) is 19.6 Å². The first-order chi connectivity index (χ1) is 16.1. The third-order valence-electron chi connectivity index (χ3n) is 4.86. The van der Waals surface area contributed by atoms with E-state index in [2.05, 4.69) is 5.32 Å². The number of carbonyl (C=O) groups excluding carboxylic acids is 2. The Hall–Kier alpha value is -3.36. The first-order valence-corrected chi connectivity index (χ1v) is 12.4. The zero-order valence-corrected chi connectivity index (χ0v) is 20.6. The minimum absolute atomic E-state index is 0.0730. The Morgan fingerprint density at radius 1 is 0.971 bits per heavy atom. The molecule has 0 aromatic heterocycles. The molecule has 1 amide bonds. The van der Waals surface area contributed by atoms with Gasteiger partial charge in [-0.15, -0.1) is 0 Å². The molecule has 0 spiro atoms. The smallest absolute Gasteiger partial charge is 0.339 e. The number of esters is 1. The fraction of sp³-hybridized carbons (Fsp3) is 0.200. The monoisotopic (exact) mass is 500 g/mol. The molecule has 0 bridgehead atoms. The second kappa shape index (κ2) is 10.7. The highest BCUT2D eigenvalue weighted by Crippen LogP contribution is 2.27. The number of hydrogen-bond acceptors (Lipinski definition) is 5. The van der Waals surface area contributed by atoms with Crippen LogP contribution in [0.4, 0.5) is 11.4 Å². The summed E-state index contributed by atoms with van der Waals surface area (Å²) < 4.78 is 32.9. The average Bonchev–Trinajstić information content (AvgIpc) is 2.77. The van der Waals surface area contributed by atoms with Crippen molar-refractivity contribution in [1.82, 2.24) is 0 Å². The van der Waals surface area contributed by atoms with Gasteiger partial charge in [-0.05, 0) is 74.4 Å². The van der Waals surface area contributed by atoms with Gasteiger partial charge in [-0.25, -0.2) is 13.2 Å². The Morgan fingerprint density at radius 2 is 1.62 bits per heavy atom. The van der Waals surface area contributed by atoms with E-state index in [4.69, 9.17) is 16.3 Å². The molecule has 0 saturated carbocycles. The molecular formula is C25H25ClN2O5S. The average molecular weight is 501 g/mol. The maximum Gasteiger partial charge on any atom is 0.339 e. The van der Waals surface area contributed by atoms with Gasteiger partial charge >= 0.3 is 5.97 Å². The fourth-order valence-corrected chi connectivity index (χ4v) is 5.11. The van der Waals surface area contributed by atoms with Gasteiger partial charge in [0.05, 0.1) is 27.8 Å². The Bertz CT molecular complexity index is 1290. The minimum atomic E-state index is -4.02. The lowest BCUT2D eigenvalue weighted by Gasteiger charge is -2.25. The van der Waals surface area contributed by atoms with Crippen LogP contribution < -0.4 is 9.62 Å². The number of anilines is 2. The maximum atomic E-state index is 13.5. The number of hydrogen-bond donors (Lipinski definition) is 1. The van der Waals surface area contributed by atoms with Crippen molar-refractivity contribution in [1.29, 1.82) is 0 Å². The molecular weight excluding hydrogens is 476 g/mol. The molecule has 0 radical (unpaired) electrons. The van der Waals surface area contributed by atoms with E-state index >= 15 is 0 Å². The Labute approximate surface area is 204 Å². The molecule has 178 valence electrons. The molecule has 0 heterocycles. The minimum Gasteiger partial charge on any atom is -0.462 e. The van der Waals surface area contributed by atoms with E-state index in [0.717, 1.165) is 15.4 Å².